The number of nitrogens with zero attached hydrogens (tertiary/aromatic N) is 2. The van der Waals surface area contributed by atoms with E-state index in [0.717, 1.165) is 5.69 Å². The van der Waals surface area contributed by atoms with E-state index in [2.05, 4.69) is 5.16 Å². The standard InChI is InChI=1S/C15H15F2N3O/c1-20(12-7-5-11(16)6-8-12)9-10-3-2-4-13(14(10)17)15(18)19-21/h2-8,21H,9H2,1H3,(H2,18,19). The molecular formula is C15H15F2N3O. The molecule has 0 aromatic heterocycles. The van der Waals surface area contributed by atoms with Crippen molar-refractivity contribution in [2.45, 2.75) is 6.54 Å². The molecule has 0 radical (unpaired) electrons. The maximum absolute atomic E-state index is 14.3. The maximum Gasteiger partial charge on any atom is 0.173 e. The zero-order chi connectivity index (χ0) is 15.4. The summed E-state index contributed by atoms with van der Waals surface area (Å²) in [4.78, 5) is 1.77. The second kappa shape index (κ2) is 6.21. The molecule has 0 saturated carbocycles. The van der Waals surface area contributed by atoms with Gasteiger partial charge >= 0.3 is 0 Å². The van der Waals surface area contributed by atoms with Crippen molar-refractivity contribution in [3.05, 3.63) is 65.2 Å². The van der Waals surface area contributed by atoms with Crippen LogP contribution in [0.2, 0.25) is 0 Å². The van der Waals surface area contributed by atoms with E-state index in [1.54, 1.807) is 36.2 Å². The fraction of sp³-hybridized carbons (Fsp3) is 0.133. The van der Waals surface area contributed by atoms with Crippen molar-refractivity contribution in [1.29, 1.82) is 0 Å². The summed E-state index contributed by atoms with van der Waals surface area (Å²) in [5.74, 6) is -1.15. The topological polar surface area (TPSA) is 61.8 Å². The number of rotatable bonds is 4. The molecule has 0 unspecified atom stereocenters. The summed E-state index contributed by atoms with van der Waals surface area (Å²) in [6, 6.07) is 10.6. The lowest BCUT2D eigenvalue weighted by Crippen LogP contribution is -2.20. The molecule has 2 aromatic rings. The SMILES string of the molecule is CN(Cc1cccc(/C(N)=N/O)c1F)c1ccc(F)cc1. The Kier molecular flexibility index (Phi) is 4.37. The predicted octanol–water partition coefficient (Wildman–Crippen LogP) is 2.70. The van der Waals surface area contributed by atoms with Crippen LogP contribution in [0.5, 0.6) is 0 Å². The lowest BCUT2D eigenvalue weighted by atomic mass is 10.1. The smallest absolute Gasteiger partial charge is 0.173 e. The zero-order valence-electron chi connectivity index (χ0n) is 11.4. The van der Waals surface area contributed by atoms with E-state index in [0.29, 0.717) is 5.56 Å². The van der Waals surface area contributed by atoms with Crippen LogP contribution >= 0.6 is 0 Å². The molecule has 0 saturated heterocycles. The van der Waals surface area contributed by atoms with Gasteiger partial charge < -0.3 is 15.8 Å². The van der Waals surface area contributed by atoms with Crippen LogP contribution in [0.15, 0.2) is 47.6 Å². The highest BCUT2D eigenvalue weighted by Gasteiger charge is 2.13. The Hall–Kier alpha value is -2.63. The number of amidine groups is 1. The normalized spacial score (nSPS) is 11.5. The molecule has 2 rings (SSSR count). The third kappa shape index (κ3) is 3.28. The molecule has 0 aliphatic heterocycles. The first kappa shape index (κ1) is 14.8. The number of hydrogen-bond acceptors (Lipinski definition) is 3. The third-order valence-electron chi connectivity index (χ3n) is 3.14. The van der Waals surface area contributed by atoms with Crippen molar-refractivity contribution in [2.75, 3.05) is 11.9 Å². The lowest BCUT2D eigenvalue weighted by Gasteiger charge is -2.20. The van der Waals surface area contributed by atoms with Crippen LogP contribution in [0.4, 0.5) is 14.5 Å². The minimum absolute atomic E-state index is 0.0440. The van der Waals surface area contributed by atoms with Gasteiger partial charge in [-0.05, 0) is 30.3 Å². The van der Waals surface area contributed by atoms with Gasteiger partial charge in [-0.3, -0.25) is 0 Å². The largest absolute Gasteiger partial charge is 0.409 e. The summed E-state index contributed by atoms with van der Waals surface area (Å²) in [5, 5.41) is 11.4. The molecule has 0 aliphatic rings. The van der Waals surface area contributed by atoms with Gasteiger partial charge in [0, 0.05) is 24.8 Å². The summed E-state index contributed by atoms with van der Waals surface area (Å²) < 4.78 is 27.2. The second-order valence-electron chi connectivity index (χ2n) is 4.60. The summed E-state index contributed by atoms with van der Waals surface area (Å²) in [7, 11) is 1.77. The van der Waals surface area contributed by atoms with Gasteiger partial charge in [0.05, 0.1) is 5.56 Å². The first-order valence-electron chi connectivity index (χ1n) is 6.25. The minimum atomic E-state index is -0.540. The lowest BCUT2D eigenvalue weighted by molar-refractivity contribution is 0.318. The highest BCUT2D eigenvalue weighted by atomic mass is 19.1. The molecule has 110 valence electrons. The molecule has 0 aliphatic carbocycles. The Morgan fingerprint density at radius 3 is 2.48 bits per heavy atom. The quantitative estimate of drug-likeness (QED) is 0.394. The molecule has 21 heavy (non-hydrogen) atoms. The highest BCUT2D eigenvalue weighted by molar-refractivity contribution is 5.97. The Morgan fingerprint density at radius 2 is 1.86 bits per heavy atom. The number of halogens is 2. The molecule has 3 N–H and O–H groups in total. The van der Waals surface area contributed by atoms with Crippen LogP contribution in [0, 0.1) is 11.6 Å². The summed E-state index contributed by atoms with van der Waals surface area (Å²) in [6.07, 6.45) is 0. The van der Waals surface area contributed by atoms with Gasteiger partial charge in [-0.2, -0.15) is 0 Å². The van der Waals surface area contributed by atoms with E-state index in [4.69, 9.17) is 10.9 Å². The van der Waals surface area contributed by atoms with Crippen molar-refractivity contribution in [3.63, 3.8) is 0 Å². The number of benzene rings is 2. The van der Waals surface area contributed by atoms with E-state index in [1.165, 1.54) is 18.2 Å². The summed E-state index contributed by atoms with van der Waals surface area (Å²) >= 11 is 0. The van der Waals surface area contributed by atoms with Gasteiger partial charge in [0.15, 0.2) is 5.84 Å². The molecule has 0 atom stereocenters. The molecule has 0 heterocycles. The van der Waals surface area contributed by atoms with Crippen molar-refractivity contribution in [3.8, 4) is 0 Å². The zero-order valence-corrected chi connectivity index (χ0v) is 11.4. The van der Waals surface area contributed by atoms with E-state index in [9.17, 15) is 8.78 Å². The monoisotopic (exact) mass is 291 g/mol. The highest BCUT2D eigenvalue weighted by Crippen LogP contribution is 2.19. The molecule has 6 heteroatoms. The van der Waals surface area contributed by atoms with Gasteiger partial charge in [0.1, 0.15) is 11.6 Å². The second-order valence-corrected chi connectivity index (χ2v) is 4.60. The van der Waals surface area contributed by atoms with Crippen LogP contribution in [-0.2, 0) is 6.54 Å². The average Bonchev–Trinajstić information content (AvgIpc) is 2.49. The Labute approximate surface area is 121 Å². The van der Waals surface area contributed by atoms with Crippen molar-refractivity contribution >= 4 is 11.5 Å². The molecule has 0 spiro atoms. The first-order valence-corrected chi connectivity index (χ1v) is 6.25. The van der Waals surface area contributed by atoms with E-state index in [1.807, 2.05) is 0 Å². The van der Waals surface area contributed by atoms with Crippen LogP contribution in [0.1, 0.15) is 11.1 Å². The minimum Gasteiger partial charge on any atom is -0.409 e. The van der Waals surface area contributed by atoms with Crippen LogP contribution in [-0.4, -0.2) is 18.1 Å². The molecule has 4 nitrogen and oxygen atoms in total. The van der Waals surface area contributed by atoms with Crippen LogP contribution in [0.3, 0.4) is 0 Å². The van der Waals surface area contributed by atoms with Gasteiger partial charge in [-0.1, -0.05) is 17.3 Å². The predicted molar refractivity (Wildman–Crippen MR) is 77.4 cm³/mol. The number of nitrogens with two attached hydrogens (primary N) is 1. The van der Waals surface area contributed by atoms with Crippen LogP contribution < -0.4 is 10.6 Å². The van der Waals surface area contributed by atoms with Crippen molar-refractivity contribution in [1.82, 2.24) is 0 Å². The third-order valence-corrected chi connectivity index (χ3v) is 3.14. The average molecular weight is 291 g/mol. The van der Waals surface area contributed by atoms with Crippen molar-refractivity contribution < 1.29 is 14.0 Å². The maximum atomic E-state index is 14.3. The Bertz CT molecular complexity index is 656. The molecular weight excluding hydrogens is 276 g/mol. The first-order chi connectivity index (χ1) is 10.0. The number of hydrogen-bond donors (Lipinski definition) is 2. The van der Waals surface area contributed by atoms with E-state index >= 15 is 0 Å². The number of oxime groups is 1. The van der Waals surface area contributed by atoms with Gasteiger partial charge in [0.2, 0.25) is 0 Å². The molecule has 0 fully saturated rings. The Balaban J connectivity index is 2.25. The number of anilines is 1. The Morgan fingerprint density at radius 1 is 1.19 bits per heavy atom. The van der Waals surface area contributed by atoms with Gasteiger partial charge in [0.25, 0.3) is 0 Å². The fourth-order valence-corrected chi connectivity index (χ4v) is 2.00. The fourth-order valence-electron chi connectivity index (χ4n) is 2.00. The van der Waals surface area contributed by atoms with E-state index in [-0.39, 0.29) is 23.8 Å². The van der Waals surface area contributed by atoms with Crippen LogP contribution in [0.25, 0.3) is 0 Å². The molecule has 0 bridgehead atoms. The van der Waals surface area contributed by atoms with Gasteiger partial charge in [-0.25, -0.2) is 8.78 Å². The molecule has 2 aromatic carbocycles. The van der Waals surface area contributed by atoms with E-state index < -0.39 is 5.82 Å². The van der Waals surface area contributed by atoms with Crippen molar-refractivity contribution in [2.24, 2.45) is 10.9 Å². The summed E-state index contributed by atoms with van der Waals surface area (Å²) in [5.41, 5.74) is 6.62. The summed E-state index contributed by atoms with van der Waals surface area (Å²) in [6.45, 7) is 0.268. The molecule has 0 amide bonds. The van der Waals surface area contributed by atoms with Gasteiger partial charge in [-0.15, -0.1) is 0 Å².